The van der Waals surface area contributed by atoms with E-state index in [1.54, 1.807) is 0 Å². The fourth-order valence-corrected chi connectivity index (χ4v) is 1.11. The topological polar surface area (TPSA) is 121 Å². The number of hydrogen-bond acceptors (Lipinski definition) is 5. The highest BCUT2D eigenvalue weighted by Gasteiger charge is 2.13. The fraction of sp³-hybridized carbons (Fsp3) is 0.214. The van der Waals surface area contributed by atoms with Crippen molar-refractivity contribution in [3.8, 4) is 0 Å². The van der Waals surface area contributed by atoms with Crippen molar-refractivity contribution >= 4 is 17.9 Å². The molecule has 0 aliphatic rings. The van der Waals surface area contributed by atoms with Gasteiger partial charge in [0, 0.05) is 5.57 Å². The van der Waals surface area contributed by atoms with Crippen LogP contribution in [0.2, 0.25) is 0 Å². The third kappa shape index (κ3) is 6.88. The summed E-state index contributed by atoms with van der Waals surface area (Å²) in [5, 5.41) is 25.6. The summed E-state index contributed by atoms with van der Waals surface area (Å²) in [4.78, 5) is 31.4. The lowest BCUT2D eigenvalue weighted by molar-refractivity contribution is -0.159. The highest BCUT2D eigenvalue weighted by atomic mass is 16.6. The van der Waals surface area contributed by atoms with Gasteiger partial charge in [-0.2, -0.15) is 0 Å². The van der Waals surface area contributed by atoms with Crippen LogP contribution in [0.3, 0.4) is 0 Å². The van der Waals surface area contributed by atoms with E-state index in [-0.39, 0.29) is 16.7 Å². The molecule has 0 saturated heterocycles. The van der Waals surface area contributed by atoms with E-state index in [0.717, 1.165) is 0 Å². The Morgan fingerprint density at radius 2 is 1.48 bits per heavy atom. The number of aliphatic hydroxyl groups is 1. The molecule has 0 heterocycles. The van der Waals surface area contributed by atoms with Crippen LogP contribution in [0.4, 0.5) is 0 Å². The molecule has 3 N–H and O–H groups in total. The van der Waals surface area contributed by atoms with Gasteiger partial charge in [0.25, 0.3) is 0 Å². The smallest absolute Gasteiger partial charge is 0.336 e. The van der Waals surface area contributed by atoms with Gasteiger partial charge in [0.15, 0.2) is 6.29 Å². The van der Waals surface area contributed by atoms with Crippen LogP contribution >= 0.6 is 0 Å². The minimum Gasteiger partial charge on any atom is -0.478 e. The van der Waals surface area contributed by atoms with E-state index in [1.165, 1.54) is 38.1 Å². The van der Waals surface area contributed by atoms with Crippen LogP contribution in [0.5, 0.6) is 0 Å². The number of carboxylic acids is 2. The number of benzene rings is 1. The van der Waals surface area contributed by atoms with Crippen molar-refractivity contribution in [2.75, 3.05) is 0 Å². The Kier molecular flexibility index (Phi) is 7.41. The second kappa shape index (κ2) is 8.49. The number of carbonyl (C=O) groups is 3. The molecule has 0 aliphatic heterocycles. The van der Waals surface area contributed by atoms with Crippen LogP contribution in [0.1, 0.15) is 34.6 Å². The van der Waals surface area contributed by atoms with Gasteiger partial charge in [0.05, 0.1) is 11.1 Å². The van der Waals surface area contributed by atoms with Crippen LogP contribution in [0.25, 0.3) is 0 Å². The van der Waals surface area contributed by atoms with Crippen molar-refractivity contribution in [1.29, 1.82) is 0 Å². The van der Waals surface area contributed by atoms with E-state index in [1.807, 2.05) is 0 Å². The van der Waals surface area contributed by atoms with Crippen molar-refractivity contribution < 1.29 is 34.4 Å². The second-order valence-corrected chi connectivity index (χ2v) is 3.94. The van der Waals surface area contributed by atoms with Crippen molar-refractivity contribution in [3.05, 3.63) is 47.5 Å². The molecular weight excluding hydrogens is 280 g/mol. The molecule has 0 aliphatic carbocycles. The van der Waals surface area contributed by atoms with Gasteiger partial charge in [0.2, 0.25) is 0 Å². The zero-order valence-electron chi connectivity index (χ0n) is 11.6. The second-order valence-electron chi connectivity index (χ2n) is 3.94. The number of hydrogen-bond donors (Lipinski definition) is 3. The standard InChI is InChI=1S/C8H6O4.C6H10O3/c9-7(10)5-3-1-2-4-6(5)8(11)12;1-4(2)6(8)9-5(3)7/h1-4H,(H,9,10)(H,11,12);5,7H,1H2,2-3H3. The SMILES string of the molecule is C=C(C)C(=O)OC(C)O.O=C(O)c1ccccc1C(=O)O. The summed E-state index contributed by atoms with van der Waals surface area (Å²) in [5.74, 6) is -3.02. The molecule has 0 bridgehead atoms. The summed E-state index contributed by atoms with van der Waals surface area (Å²) in [6.45, 7) is 6.20. The molecule has 1 unspecified atom stereocenters. The number of rotatable bonds is 4. The van der Waals surface area contributed by atoms with Crippen molar-refractivity contribution in [2.24, 2.45) is 0 Å². The lowest BCUT2D eigenvalue weighted by Gasteiger charge is -2.04. The van der Waals surface area contributed by atoms with E-state index in [4.69, 9.17) is 15.3 Å². The zero-order valence-corrected chi connectivity index (χ0v) is 11.6. The number of aliphatic hydroxyl groups excluding tert-OH is 1. The summed E-state index contributed by atoms with van der Waals surface area (Å²) in [6, 6.07) is 5.48. The minimum absolute atomic E-state index is 0.190. The first kappa shape index (κ1) is 18.3. The average Bonchev–Trinajstić information content (AvgIpc) is 2.38. The van der Waals surface area contributed by atoms with E-state index in [2.05, 4.69) is 11.3 Å². The summed E-state index contributed by atoms with van der Waals surface area (Å²) < 4.78 is 4.33. The summed E-state index contributed by atoms with van der Waals surface area (Å²) in [5.41, 5.74) is -0.0918. The van der Waals surface area contributed by atoms with Gasteiger partial charge in [-0.3, -0.25) is 0 Å². The molecule has 7 heteroatoms. The molecule has 0 amide bonds. The van der Waals surface area contributed by atoms with Crippen molar-refractivity contribution in [3.63, 3.8) is 0 Å². The normalized spacial score (nSPS) is 10.6. The maximum atomic E-state index is 10.5. The monoisotopic (exact) mass is 296 g/mol. The molecule has 0 fully saturated rings. The molecule has 7 nitrogen and oxygen atoms in total. The van der Waals surface area contributed by atoms with Crippen molar-refractivity contribution in [2.45, 2.75) is 20.1 Å². The van der Waals surface area contributed by atoms with Crippen LogP contribution < -0.4 is 0 Å². The predicted molar refractivity (Wildman–Crippen MR) is 72.9 cm³/mol. The number of carbonyl (C=O) groups excluding carboxylic acids is 1. The molecule has 0 radical (unpaired) electrons. The van der Waals surface area contributed by atoms with Gasteiger partial charge in [-0.25, -0.2) is 14.4 Å². The minimum atomic E-state index is -1.23. The largest absolute Gasteiger partial charge is 0.478 e. The maximum Gasteiger partial charge on any atom is 0.336 e. The first-order chi connectivity index (χ1) is 9.66. The summed E-state index contributed by atoms with van der Waals surface area (Å²) >= 11 is 0. The van der Waals surface area contributed by atoms with Crippen LogP contribution in [-0.2, 0) is 9.53 Å². The van der Waals surface area contributed by atoms with Crippen LogP contribution in [0.15, 0.2) is 36.4 Å². The Hall–Kier alpha value is -2.67. The Labute approximate surface area is 121 Å². The van der Waals surface area contributed by atoms with Gasteiger partial charge >= 0.3 is 17.9 Å². The zero-order chi connectivity index (χ0) is 16.6. The Bertz CT molecular complexity index is 513. The summed E-state index contributed by atoms with van der Waals surface area (Å²) in [6.07, 6.45) is -1.05. The van der Waals surface area contributed by atoms with Gasteiger partial charge in [-0.1, -0.05) is 18.7 Å². The first-order valence-electron chi connectivity index (χ1n) is 5.77. The molecule has 114 valence electrons. The van der Waals surface area contributed by atoms with Crippen LogP contribution in [-0.4, -0.2) is 39.5 Å². The molecule has 1 aromatic carbocycles. The predicted octanol–water partition coefficient (Wildman–Crippen LogP) is 1.53. The van der Waals surface area contributed by atoms with Crippen LogP contribution in [0, 0.1) is 0 Å². The van der Waals surface area contributed by atoms with Gasteiger partial charge in [-0.05, 0) is 26.0 Å². The average molecular weight is 296 g/mol. The maximum absolute atomic E-state index is 10.5. The molecule has 0 saturated carbocycles. The lowest BCUT2D eigenvalue weighted by Crippen LogP contribution is -2.13. The van der Waals surface area contributed by atoms with E-state index < -0.39 is 24.2 Å². The summed E-state index contributed by atoms with van der Waals surface area (Å²) in [7, 11) is 0. The van der Waals surface area contributed by atoms with Crippen molar-refractivity contribution in [1.82, 2.24) is 0 Å². The van der Waals surface area contributed by atoms with E-state index in [9.17, 15) is 14.4 Å². The van der Waals surface area contributed by atoms with Gasteiger partial charge < -0.3 is 20.1 Å². The Morgan fingerprint density at radius 1 is 1.10 bits per heavy atom. The number of carboxylic acid groups (broad SMARTS) is 2. The fourth-order valence-electron chi connectivity index (χ4n) is 1.11. The first-order valence-corrected chi connectivity index (χ1v) is 5.77. The third-order valence-electron chi connectivity index (χ3n) is 2.01. The molecule has 0 spiro atoms. The Morgan fingerprint density at radius 3 is 1.67 bits per heavy atom. The molecule has 1 aromatic rings. The van der Waals surface area contributed by atoms with E-state index in [0.29, 0.717) is 0 Å². The quantitative estimate of drug-likeness (QED) is 0.437. The van der Waals surface area contributed by atoms with Gasteiger partial charge in [0.1, 0.15) is 0 Å². The molecule has 0 aromatic heterocycles. The molecule has 1 rings (SSSR count). The molecule has 21 heavy (non-hydrogen) atoms. The van der Waals surface area contributed by atoms with E-state index >= 15 is 0 Å². The lowest BCUT2D eigenvalue weighted by atomic mass is 10.1. The number of aromatic carboxylic acids is 2. The Balaban J connectivity index is 0.000000400. The number of ether oxygens (including phenoxy) is 1. The number of esters is 1. The highest BCUT2D eigenvalue weighted by Crippen LogP contribution is 2.07. The molecule has 1 atom stereocenters. The molecular formula is C14H16O7. The highest BCUT2D eigenvalue weighted by molar-refractivity contribution is 6.01. The third-order valence-corrected chi connectivity index (χ3v) is 2.01. The van der Waals surface area contributed by atoms with Gasteiger partial charge in [-0.15, -0.1) is 0 Å².